The maximum Gasteiger partial charge on any atom is 0.222 e. The number of nitrogens with zero attached hydrogens (tertiary/aromatic N) is 5. The van der Waals surface area contributed by atoms with Crippen molar-refractivity contribution in [3.63, 3.8) is 0 Å². The van der Waals surface area contributed by atoms with Gasteiger partial charge in [-0.2, -0.15) is 0 Å². The van der Waals surface area contributed by atoms with Crippen molar-refractivity contribution < 1.29 is 0 Å². The molecule has 4 aromatic rings. The number of hydrogen-bond donors (Lipinski definition) is 2. The zero-order valence-electron chi connectivity index (χ0n) is 21.6. The Morgan fingerprint density at radius 3 is 1.97 bits per heavy atom. The van der Waals surface area contributed by atoms with Gasteiger partial charge in [0.1, 0.15) is 28.1 Å². The first-order chi connectivity index (χ1) is 17.3. The summed E-state index contributed by atoms with van der Waals surface area (Å²) in [6.45, 7) is 13.2. The fraction of sp³-hybridized carbons (Fsp3) is 0.407. The number of hydrazine groups is 1. The van der Waals surface area contributed by atoms with Crippen LogP contribution in [0.1, 0.15) is 63.6 Å². The molecule has 0 amide bonds. The number of rotatable bonds is 7. The quantitative estimate of drug-likeness (QED) is 0.290. The Bertz CT molecular complexity index is 1340. The first-order valence-corrected chi connectivity index (χ1v) is 14.1. The molecule has 0 saturated heterocycles. The molecule has 2 unspecified atom stereocenters. The van der Waals surface area contributed by atoms with E-state index in [1.54, 1.807) is 22.7 Å². The van der Waals surface area contributed by atoms with Gasteiger partial charge in [-0.25, -0.2) is 25.4 Å². The summed E-state index contributed by atoms with van der Waals surface area (Å²) in [4.78, 5) is 19.3. The lowest BCUT2D eigenvalue weighted by molar-refractivity contribution is 0.000143. The lowest BCUT2D eigenvalue weighted by Crippen LogP contribution is -2.71. The van der Waals surface area contributed by atoms with Crippen molar-refractivity contribution in [1.82, 2.24) is 25.7 Å². The summed E-state index contributed by atoms with van der Waals surface area (Å²) in [6, 6.07) is 16.4. The molecule has 7 nitrogen and oxygen atoms in total. The van der Waals surface area contributed by atoms with Gasteiger partial charge in [0.2, 0.25) is 5.96 Å². The van der Waals surface area contributed by atoms with E-state index < -0.39 is 5.66 Å². The molecular formula is C27H33N7S2. The van der Waals surface area contributed by atoms with Gasteiger partial charge in [0.15, 0.2) is 0 Å². The van der Waals surface area contributed by atoms with Crippen LogP contribution in [0.4, 0.5) is 0 Å². The van der Waals surface area contributed by atoms with E-state index >= 15 is 0 Å². The maximum absolute atomic E-state index is 4.95. The van der Waals surface area contributed by atoms with Gasteiger partial charge < -0.3 is 5.32 Å². The highest BCUT2D eigenvalue weighted by Gasteiger charge is 2.45. The Morgan fingerprint density at radius 2 is 1.39 bits per heavy atom. The number of hydrogen-bond acceptors (Lipinski definition) is 7. The fourth-order valence-electron chi connectivity index (χ4n) is 4.84. The number of thiazole rings is 2. The van der Waals surface area contributed by atoms with Crippen LogP contribution in [0.25, 0.3) is 20.4 Å². The number of nitrogens with one attached hydrogen (secondary N) is 2. The molecule has 2 atom stereocenters. The summed E-state index contributed by atoms with van der Waals surface area (Å²) in [5, 5.41) is 7.88. The molecule has 2 aromatic carbocycles. The van der Waals surface area contributed by atoms with Crippen molar-refractivity contribution in [2.45, 2.75) is 59.3 Å². The van der Waals surface area contributed by atoms with Crippen LogP contribution in [-0.2, 0) is 0 Å². The van der Waals surface area contributed by atoms with E-state index in [1.807, 2.05) is 30.6 Å². The van der Waals surface area contributed by atoms with Gasteiger partial charge in [-0.3, -0.25) is 5.01 Å². The maximum atomic E-state index is 4.95. The van der Waals surface area contributed by atoms with Crippen molar-refractivity contribution in [2.75, 3.05) is 0 Å². The van der Waals surface area contributed by atoms with Crippen LogP contribution < -0.4 is 10.7 Å². The summed E-state index contributed by atoms with van der Waals surface area (Å²) in [5.41, 5.74) is 5.31. The van der Waals surface area contributed by atoms with E-state index in [9.17, 15) is 0 Å². The van der Waals surface area contributed by atoms with Crippen LogP contribution in [0.15, 0.2) is 58.5 Å². The lowest BCUT2D eigenvalue weighted by atomic mass is 9.84. The molecule has 2 aromatic heterocycles. The molecule has 9 heteroatoms. The van der Waals surface area contributed by atoms with Crippen LogP contribution in [0.3, 0.4) is 0 Å². The van der Waals surface area contributed by atoms with E-state index in [0.29, 0.717) is 5.96 Å². The molecular weight excluding hydrogens is 486 g/mol. The first-order valence-electron chi connectivity index (χ1n) is 12.4. The Labute approximate surface area is 220 Å². The van der Waals surface area contributed by atoms with Crippen molar-refractivity contribution in [1.29, 1.82) is 0 Å². The molecule has 5 rings (SSSR count). The minimum atomic E-state index is -0.418. The van der Waals surface area contributed by atoms with Gasteiger partial charge >= 0.3 is 0 Å². The van der Waals surface area contributed by atoms with Gasteiger partial charge in [-0.1, -0.05) is 52.0 Å². The summed E-state index contributed by atoms with van der Waals surface area (Å²) >= 11 is 3.41. The predicted molar refractivity (Wildman–Crippen MR) is 153 cm³/mol. The van der Waals surface area contributed by atoms with E-state index in [2.05, 4.69) is 81.6 Å². The molecule has 3 heterocycles. The molecule has 0 fully saturated rings. The summed E-state index contributed by atoms with van der Waals surface area (Å²) in [6.07, 6.45) is 1.88. The molecule has 0 saturated carbocycles. The van der Waals surface area contributed by atoms with E-state index in [0.717, 1.165) is 21.0 Å². The van der Waals surface area contributed by atoms with Gasteiger partial charge in [-0.05, 0) is 49.9 Å². The number of fused-ring (bicyclic) bond motifs is 2. The van der Waals surface area contributed by atoms with Crippen LogP contribution in [0, 0.1) is 11.8 Å². The minimum absolute atomic E-state index is 0.0210. The molecule has 0 bridgehead atoms. The van der Waals surface area contributed by atoms with E-state index in [1.165, 1.54) is 9.40 Å². The van der Waals surface area contributed by atoms with Gasteiger partial charge in [-0.15, -0.1) is 22.7 Å². The summed E-state index contributed by atoms with van der Waals surface area (Å²) in [7, 11) is 0. The van der Waals surface area contributed by atoms with Crippen molar-refractivity contribution >= 4 is 55.4 Å². The zero-order valence-corrected chi connectivity index (χ0v) is 23.2. The van der Waals surface area contributed by atoms with Gasteiger partial charge in [0.05, 0.1) is 26.5 Å². The second-order valence-electron chi connectivity index (χ2n) is 9.89. The molecule has 1 aliphatic heterocycles. The second kappa shape index (κ2) is 9.88. The normalized spacial score (nSPS) is 18.4. The Kier molecular flexibility index (Phi) is 6.80. The molecule has 0 radical (unpaired) electrons. The summed E-state index contributed by atoms with van der Waals surface area (Å²) < 4.78 is 2.38. The highest BCUT2D eigenvalue weighted by molar-refractivity contribution is 7.19. The van der Waals surface area contributed by atoms with E-state index in [4.69, 9.17) is 20.0 Å². The largest absolute Gasteiger partial charge is 0.330 e. The third-order valence-corrected chi connectivity index (χ3v) is 9.19. The topological polar surface area (TPSA) is 77.8 Å². The SMILES string of the molecule is CC(N=C1N=CN(NC(C)c2nc3ccccc3s2)C(C(C)C)(C(C)C)N1)c1nc2ccccc2s1. The standard InChI is InChI=1S/C27H33N7S2/c1-16(2)27(17(3)4)32-26(29-18(5)24-30-20-11-7-9-13-22(20)35-24)28-15-34(27)33-19(6)25-31-21-12-8-10-14-23(21)36-25/h7-19,33H,1-6H3,(H,29,32). The first kappa shape index (κ1) is 24.8. The highest BCUT2D eigenvalue weighted by Crippen LogP contribution is 2.34. The molecule has 0 spiro atoms. The third-order valence-electron chi connectivity index (χ3n) is 6.76. The van der Waals surface area contributed by atoms with Crippen LogP contribution in [0.5, 0.6) is 0 Å². The van der Waals surface area contributed by atoms with Gasteiger partial charge in [0.25, 0.3) is 0 Å². The highest BCUT2D eigenvalue weighted by atomic mass is 32.1. The lowest BCUT2D eigenvalue weighted by Gasteiger charge is -2.51. The van der Waals surface area contributed by atoms with Crippen molar-refractivity contribution in [3.05, 3.63) is 58.5 Å². The van der Waals surface area contributed by atoms with Crippen molar-refractivity contribution in [3.8, 4) is 0 Å². The Hall–Kier alpha value is -2.88. The number of aliphatic imine (C=N–C) groups is 2. The number of aromatic nitrogens is 2. The average Bonchev–Trinajstić information content (AvgIpc) is 3.49. The number of guanidine groups is 1. The smallest absolute Gasteiger partial charge is 0.222 e. The van der Waals surface area contributed by atoms with Crippen LogP contribution in [-0.4, -0.2) is 32.9 Å². The number of para-hydroxylation sites is 2. The molecule has 1 aliphatic rings. The molecule has 0 aliphatic carbocycles. The predicted octanol–water partition coefficient (Wildman–Crippen LogP) is 6.53. The third kappa shape index (κ3) is 4.51. The Balaban J connectivity index is 1.43. The van der Waals surface area contributed by atoms with E-state index in [-0.39, 0.29) is 23.9 Å². The summed E-state index contributed by atoms with van der Waals surface area (Å²) in [5.74, 6) is 1.17. The molecule has 36 heavy (non-hydrogen) atoms. The zero-order chi connectivity index (χ0) is 25.4. The van der Waals surface area contributed by atoms with Crippen molar-refractivity contribution in [2.24, 2.45) is 21.8 Å². The molecule has 2 N–H and O–H groups in total. The minimum Gasteiger partial charge on any atom is -0.330 e. The second-order valence-corrected chi connectivity index (χ2v) is 12.0. The van der Waals surface area contributed by atoms with Crippen LogP contribution in [0.2, 0.25) is 0 Å². The van der Waals surface area contributed by atoms with Crippen LogP contribution >= 0.6 is 22.7 Å². The fourth-order valence-corrected chi connectivity index (χ4v) is 6.76. The molecule has 188 valence electrons. The number of benzene rings is 2. The van der Waals surface area contributed by atoms with Gasteiger partial charge in [0, 0.05) is 0 Å². The Morgan fingerprint density at radius 1 is 0.833 bits per heavy atom. The monoisotopic (exact) mass is 519 g/mol. The average molecular weight is 520 g/mol.